The molecular formula is C17H29N3O. The predicted octanol–water partition coefficient (Wildman–Crippen LogP) is 1.69. The molecule has 4 heteroatoms. The van der Waals surface area contributed by atoms with Crippen LogP contribution in [0, 0.1) is 0 Å². The summed E-state index contributed by atoms with van der Waals surface area (Å²) in [5.74, 6) is 0. The van der Waals surface area contributed by atoms with E-state index in [9.17, 15) is 0 Å². The molecule has 1 aliphatic heterocycles. The van der Waals surface area contributed by atoms with Gasteiger partial charge in [-0.25, -0.2) is 0 Å². The lowest BCUT2D eigenvalue weighted by Crippen LogP contribution is -2.47. The first-order valence-corrected chi connectivity index (χ1v) is 8.10. The number of nitrogens with two attached hydrogens (primary N) is 1. The van der Waals surface area contributed by atoms with Crippen LogP contribution in [0.5, 0.6) is 0 Å². The van der Waals surface area contributed by atoms with Gasteiger partial charge < -0.3 is 10.5 Å². The van der Waals surface area contributed by atoms with Gasteiger partial charge in [0.15, 0.2) is 0 Å². The molecule has 0 spiro atoms. The Morgan fingerprint density at radius 1 is 1.29 bits per heavy atom. The summed E-state index contributed by atoms with van der Waals surface area (Å²) in [5, 5.41) is 0. The van der Waals surface area contributed by atoms with Gasteiger partial charge in [-0.05, 0) is 24.2 Å². The minimum Gasteiger partial charge on any atom is -0.374 e. The fraction of sp³-hybridized carbons (Fsp3) is 0.647. The Morgan fingerprint density at radius 3 is 2.71 bits per heavy atom. The van der Waals surface area contributed by atoms with E-state index >= 15 is 0 Å². The molecule has 1 saturated heterocycles. The van der Waals surface area contributed by atoms with Crippen molar-refractivity contribution in [2.45, 2.75) is 33.0 Å². The topological polar surface area (TPSA) is 41.7 Å². The molecule has 4 nitrogen and oxygen atoms in total. The van der Waals surface area contributed by atoms with Crippen LogP contribution in [0.25, 0.3) is 0 Å². The second kappa shape index (κ2) is 8.49. The molecule has 0 aromatic heterocycles. The van der Waals surface area contributed by atoms with E-state index in [1.807, 2.05) is 0 Å². The fourth-order valence-electron chi connectivity index (χ4n) is 2.92. The van der Waals surface area contributed by atoms with Gasteiger partial charge in [0, 0.05) is 32.7 Å². The number of morpholine rings is 1. The maximum atomic E-state index is 5.93. The molecule has 2 N–H and O–H groups in total. The maximum Gasteiger partial charge on any atom is 0.0829 e. The van der Waals surface area contributed by atoms with E-state index in [1.54, 1.807) is 0 Å². The lowest BCUT2D eigenvalue weighted by atomic mass is 10.1. The minimum atomic E-state index is 0.323. The lowest BCUT2D eigenvalue weighted by Gasteiger charge is -2.35. The zero-order chi connectivity index (χ0) is 15.1. The van der Waals surface area contributed by atoms with Crippen molar-refractivity contribution in [1.82, 2.24) is 9.80 Å². The van der Waals surface area contributed by atoms with Gasteiger partial charge in [0.2, 0.25) is 0 Å². The molecule has 0 amide bonds. The Bertz CT molecular complexity index is 424. The minimum absolute atomic E-state index is 0.323. The lowest BCUT2D eigenvalue weighted by molar-refractivity contribution is -0.0422. The summed E-state index contributed by atoms with van der Waals surface area (Å²) in [5.41, 5.74) is 8.42. The molecule has 21 heavy (non-hydrogen) atoms. The van der Waals surface area contributed by atoms with Crippen LogP contribution in [0.4, 0.5) is 0 Å². The van der Waals surface area contributed by atoms with Gasteiger partial charge in [-0.3, -0.25) is 9.80 Å². The molecule has 1 fully saturated rings. The van der Waals surface area contributed by atoms with Gasteiger partial charge in [0.05, 0.1) is 12.7 Å². The van der Waals surface area contributed by atoms with E-state index in [1.165, 1.54) is 11.1 Å². The smallest absolute Gasteiger partial charge is 0.0829 e. The maximum absolute atomic E-state index is 5.93. The highest BCUT2D eigenvalue weighted by molar-refractivity contribution is 5.26. The largest absolute Gasteiger partial charge is 0.374 e. The normalized spacial score (nSPS) is 20.1. The molecule has 1 unspecified atom stereocenters. The van der Waals surface area contributed by atoms with E-state index in [0.29, 0.717) is 12.6 Å². The van der Waals surface area contributed by atoms with Crippen molar-refractivity contribution in [3.63, 3.8) is 0 Å². The van der Waals surface area contributed by atoms with Crippen LogP contribution >= 0.6 is 0 Å². The van der Waals surface area contributed by atoms with Crippen LogP contribution in [-0.4, -0.2) is 55.2 Å². The van der Waals surface area contributed by atoms with Crippen LogP contribution in [0.2, 0.25) is 0 Å². The molecule has 0 radical (unpaired) electrons. The Kier molecular flexibility index (Phi) is 6.64. The number of likely N-dealkylation sites (N-methyl/N-ethyl adjacent to an activating group) is 2. The van der Waals surface area contributed by atoms with Crippen molar-refractivity contribution in [3.05, 3.63) is 35.4 Å². The van der Waals surface area contributed by atoms with Crippen LogP contribution in [-0.2, 0) is 17.8 Å². The number of nitrogens with zero attached hydrogens (tertiary/aromatic N) is 2. The van der Waals surface area contributed by atoms with Crippen molar-refractivity contribution >= 4 is 0 Å². The summed E-state index contributed by atoms with van der Waals surface area (Å²) in [6.45, 7) is 12.1. The van der Waals surface area contributed by atoms with Crippen molar-refractivity contribution in [1.29, 1.82) is 0 Å². The molecular weight excluding hydrogens is 262 g/mol. The fourth-order valence-corrected chi connectivity index (χ4v) is 2.92. The van der Waals surface area contributed by atoms with Gasteiger partial charge in [0.25, 0.3) is 0 Å². The Labute approximate surface area is 128 Å². The van der Waals surface area contributed by atoms with Gasteiger partial charge in [-0.2, -0.15) is 0 Å². The van der Waals surface area contributed by atoms with E-state index in [0.717, 1.165) is 45.9 Å². The first kappa shape index (κ1) is 16.4. The number of ether oxygens (including phenoxy) is 1. The third-order valence-corrected chi connectivity index (χ3v) is 4.31. The molecule has 1 atom stereocenters. The zero-order valence-electron chi connectivity index (χ0n) is 13.4. The molecule has 1 aromatic carbocycles. The summed E-state index contributed by atoms with van der Waals surface area (Å²) >= 11 is 0. The first-order chi connectivity index (χ1) is 10.3. The number of rotatable bonds is 7. The Morgan fingerprint density at radius 2 is 2.05 bits per heavy atom. The van der Waals surface area contributed by atoms with E-state index in [-0.39, 0.29) is 0 Å². The molecule has 1 aromatic rings. The Balaban J connectivity index is 1.93. The summed E-state index contributed by atoms with van der Waals surface area (Å²) in [6.07, 6.45) is 0.323. The standard InChI is InChI=1S/C17H29N3O/c1-3-19-9-10-21-17(13-19)14-20(4-2)12-16-8-6-5-7-15(16)11-18/h5-8,17H,3-4,9-14,18H2,1-2H3. The molecule has 2 rings (SSSR count). The molecule has 0 saturated carbocycles. The van der Waals surface area contributed by atoms with Gasteiger partial charge >= 0.3 is 0 Å². The summed E-state index contributed by atoms with van der Waals surface area (Å²) in [6, 6.07) is 8.47. The third kappa shape index (κ3) is 4.78. The SMILES string of the molecule is CCN1CCOC(CN(CC)Cc2ccccc2CN)C1. The van der Waals surface area contributed by atoms with Crippen LogP contribution in [0.3, 0.4) is 0 Å². The molecule has 0 bridgehead atoms. The van der Waals surface area contributed by atoms with Gasteiger partial charge in [0.1, 0.15) is 0 Å². The third-order valence-electron chi connectivity index (χ3n) is 4.31. The quantitative estimate of drug-likeness (QED) is 0.830. The average Bonchev–Trinajstić information content (AvgIpc) is 2.54. The second-order valence-corrected chi connectivity index (χ2v) is 5.69. The summed E-state index contributed by atoms with van der Waals surface area (Å²) in [7, 11) is 0. The van der Waals surface area contributed by atoms with Crippen LogP contribution in [0.15, 0.2) is 24.3 Å². The van der Waals surface area contributed by atoms with E-state index in [2.05, 4.69) is 47.9 Å². The molecule has 118 valence electrons. The van der Waals surface area contributed by atoms with Crippen molar-refractivity contribution in [2.24, 2.45) is 5.73 Å². The summed E-state index contributed by atoms with van der Waals surface area (Å²) in [4.78, 5) is 4.92. The molecule has 0 aliphatic carbocycles. The molecule has 1 aliphatic rings. The zero-order valence-corrected chi connectivity index (χ0v) is 13.4. The number of benzene rings is 1. The van der Waals surface area contributed by atoms with Crippen LogP contribution < -0.4 is 5.73 Å². The van der Waals surface area contributed by atoms with Crippen molar-refractivity contribution < 1.29 is 4.74 Å². The highest BCUT2D eigenvalue weighted by atomic mass is 16.5. The molecule has 1 heterocycles. The second-order valence-electron chi connectivity index (χ2n) is 5.69. The number of hydrogen-bond acceptors (Lipinski definition) is 4. The van der Waals surface area contributed by atoms with Crippen molar-refractivity contribution in [2.75, 3.05) is 39.3 Å². The van der Waals surface area contributed by atoms with Crippen LogP contribution in [0.1, 0.15) is 25.0 Å². The monoisotopic (exact) mass is 291 g/mol. The average molecular weight is 291 g/mol. The number of hydrogen-bond donors (Lipinski definition) is 1. The van der Waals surface area contributed by atoms with E-state index in [4.69, 9.17) is 10.5 Å². The van der Waals surface area contributed by atoms with Gasteiger partial charge in [-0.1, -0.05) is 38.1 Å². The van der Waals surface area contributed by atoms with Gasteiger partial charge in [-0.15, -0.1) is 0 Å². The highest BCUT2D eigenvalue weighted by Crippen LogP contribution is 2.13. The first-order valence-electron chi connectivity index (χ1n) is 8.10. The van der Waals surface area contributed by atoms with Crippen molar-refractivity contribution in [3.8, 4) is 0 Å². The predicted molar refractivity (Wildman–Crippen MR) is 87.1 cm³/mol. The Hall–Kier alpha value is -0.940. The highest BCUT2D eigenvalue weighted by Gasteiger charge is 2.21. The van der Waals surface area contributed by atoms with E-state index < -0.39 is 0 Å². The summed E-state index contributed by atoms with van der Waals surface area (Å²) < 4.78 is 5.93.